The molecule has 0 saturated carbocycles. The Morgan fingerprint density at radius 1 is 0.635 bits per heavy atom. The van der Waals surface area contributed by atoms with Gasteiger partial charge in [0.1, 0.15) is 23.3 Å². The minimum atomic E-state index is -0.727. The number of amidine groups is 2. The van der Waals surface area contributed by atoms with E-state index in [9.17, 15) is 33.3 Å². The number of hydrogen-bond donors (Lipinski definition) is 1. The summed E-state index contributed by atoms with van der Waals surface area (Å²) >= 11 is 0. The Morgan fingerprint density at radius 2 is 1.10 bits per heavy atom. The van der Waals surface area contributed by atoms with Gasteiger partial charge in [0.2, 0.25) is 0 Å². The van der Waals surface area contributed by atoms with Gasteiger partial charge in [0.05, 0.1) is 40.6 Å². The second kappa shape index (κ2) is 15.8. The van der Waals surface area contributed by atoms with Gasteiger partial charge in [-0.05, 0) is 97.8 Å². The lowest BCUT2D eigenvalue weighted by Gasteiger charge is -2.10. The van der Waals surface area contributed by atoms with Crippen LogP contribution < -0.4 is 5.32 Å². The molecule has 0 bridgehead atoms. The van der Waals surface area contributed by atoms with Gasteiger partial charge in [0.15, 0.2) is 11.7 Å². The van der Waals surface area contributed by atoms with Crippen LogP contribution in [0.1, 0.15) is 70.8 Å². The summed E-state index contributed by atoms with van der Waals surface area (Å²) in [4.78, 5) is 18.2. The summed E-state index contributed by atoms with van der Waals surface area (Å²) in [6.45, 7) is 11.9. The normalized spacial score (nSPS) is 14.6. The van der Waals surface area contributed by atoms with E-state index in [1.165, 1.54) is 30.3 Å². The van der Waals surface area contributed by atoms with Gasteiger partial charge in [-0.15, -0.1) is 0 Å². The molecule has 4 aromatic carbocycles. The highest BCUT2D eigenvalue weighted by atomic mass is 19.1. The maximum absolute atomic E-state index is 14.6. The van der Waals surface area contributed by atoms with Crippen molar-refractivity contribution in [2.45, 2.75) is 26.3 Å². The second-order valence-electron chi connectivity index (χ2n) is 11.9. The zero-order valence-corrected chi connectivity index (χ0v) is 28.0. The van der Waals surface area contributed by atoms with Gasteiger partial charge in [-0.2, -0.15) is 15.8 Å². The fraction of sp³-hybridized carbons (Fsp3) is 0.125. The molecule has 4 aromatic rings. The molecule has 0 radical (unpaired) electrons. The van der Waals surface area contributed by atoms with Crippen LogP contribution in [0.15, 0.2) is 112 Å². The molecule has 1 aliphatic rings. The molecule has 8 nitrogen and oxygen atoms in total. The van der Waals surface area contributed by atoms with Gasteiger partial charge in [-0.3, -0.25) is 0 Å². The van der Waals surface area contributed by atoms with E-state index < -0.39 is 23.3 Å². The molecule has 0 spiro atoms. The van der Waals surface area contributed by atoms with Crippen LogP contribution >= 0.6 is 0 Å². The van der Waals surface area contributed by atoms with Gasteiger partial charge in [0.25, 0.3) is 0 Å². The van der Waals surface area contributed by atoms with Crippen LogP contribution in [-0.2, 0) is 0 Å². The Balaban J connectivity index is 1.54. The smallest absolute Gasteiger partial charge is 0.159 e. The zero-order valence-electron chi connectivity index (χ0n) is 28.0. The van der Waals surface area contributed by atoms with Gasteiger partial charge in [0, 0.05) is 52.8 Å². The molecule has 52 heavy (non-hydrogen) atoms. The van der Waals surface area contributed by atoms with Gasteiger partial charge in [-0.1, -0.05) is 13.2 Å². The van der Waals surface area contributed by atoms with Crippen molar-refractivity contribution >= 4 is 28.8 Å². The van der Waals surface area contributed by atoms with E-state index in [4.69, 9.17) is 0 Å². The third kappa shape index (κ3) is 9.45. The van der Waals surface area contributed by atoms with E-state index in [-0.39, 0.29) is 68.9 Å². The lowest BCUT2D eigenvalue weighted by atomic mass is 10.0. The van der Waals surface area contributed by atoms with Crippen molar-refractivity contribution < 1.29 is 17.6 Å². The van der Waals surface area contributed by atoms with Crippen molar-refractivity contribution in [2.75, 3.05) is 6.54 Å². The Labute approximate surface area is 297 Å². The molecule has 1 aliphatic heterocycles. The summed E-state index contributed by atoms with van der Waals surface area (Å²) in [5.74, 6) is -2.65. The molecular weight excluding hydrogens is 668 g/mol. The summed E-state index contributed by atoms with van der Waals surface area (Å²) in [6, 6.07) is 21.0. The van der Waals surface area contributed by atoms with Crippen molar-refractivity contribution in [3.8, 4) is 18.2 Å². The highest BCUT2D eigenvalue weighted by molar-refractivity contribution is 6.12. The van der Waals surface area contributed by atoms with E-state index in [2.05, 4.69) is 38.4 Å². The number of hydrogen-bond acceptors (Lipinski definition) is 6. The predicted molar refractivity (Wildman–Crippen MR) is 192 cm³/mol. The minimum Gasteiger partial charge on any atom is -0.307 e. The summed E-state index contributed by atoms with van der Waals surface area (Å²) < 4.78 is 58.0. The second-order valence-corrected chi connectivity index (χ2v) is 11.9. The number of benzene rings is 4. The largest absolute Gasteiger partial charge is 0.307 e. The number of allylic oxidation sites excluding steroid dienone is 1. The molecule has 1 heterocycles. The fourth-order valence-corrected chi connectivity index (χ4v) is 5.13. The van der Waals surface area contributed by atoms with Crippen molar-refractivity contribution in [1.29, 1.82) is 15.8 Å². The molecule has 0 aliphatic carbocycles. The molecule has 0 aromatic heterocycles. The van der Waals surface area contributed by atoms with E-state index in [0.717, 1.165) is 48.5 Å². The number of halogens is 4. The van der Waals surface area contributed by atoms with Crippen molar-refractivity contribution in [1.82, 2.24) is 5.32 Å². The molecule has 12 heteroatoms. The van der Waals surface area contributed by atoms with E-state index in [0.29, 0.717) is 17.0 Å². The van der Waals surface area contributed by atoms with Crippen molar-refractivity contribution in [3.05, 3.63) is 159 Å². The topological polar surface area (TPSA) is 143 Å². The van der Waals surface area contributed by atoms with Crippen LogP contribution in [0.25, 0.3) is 5.70 Å². The van der Waals surface area contributed by atoms with Crippen LogP contribution in [0.3, 0.4) is 0 Å². The number of nitrogens with zero attached hydrogens (tertiary/aromatic N) is 7. The molecule has 1 N–H and O–H groups in total. The lowest BCUT2D eigenvalue weighted by molar-refractivity contribution is 0.625. The molecule has 256 valence electrons. The fourth-order valence-electron chi connectivity index (χ4n) is 5.13. The number of rotatable bonds is 9. The first-order valence-electron chi connectivity index (χ1n) is 15.6. The first kappa shape index (κ1) is 36.5. The number of nitrogens with one attached hydrogen (secondary N) is 1. The third-order valence-electron chi connectivity index (χ3n) is 7.61. The van der Waals surface area contributed by atoms with Gasteiger partial charge >= 0.3 is 0 Å². The number of aliphatic imine (C=N–C) groups is 4. The van der Waals surface area contributed by atoms with Gasteiger partial charge < -0.3 is 5.32 Å². The Hall–Kier alpha value is -6.81. The molecule has 1 saturated heterocycles. The Kier molecular flexibility index (Phi) is 11.1. The van der Waals surface area contributed by atoms with Crippen LogP contribution in [0.2, 0.25) is 0 Å². The van der Waals surface area contributed by atoms with Crippen molar-refractivity contribution in [3.63, 3.8) is 0 Å². The maximum Gasteiger partial charge on any atom is 0.159 e. The first-order valence-corrected chi connectivity index (χ1v) is 15.6. The Morgan fingerprint density at radius 3 is 1.62 bits per heavy atom. The molecular formula is C40H28F4N8. The van der Waals surface area contributed by atoms with E-state index >= 15 is 0 Å². The molecule has 5 rings (SSSR count). The summed E-state index contributed by atoms with van der Waals surface area (Å²) in [7, 11) is 0. The highest BCUT2D eigenvalue weighted by Crippen LogP contribution is 2.25. The SMILES string of the molecule is C=C(CC(C)=NC(=NC(=C)c1cc(F)cc(C#N)c1)c1cc(F)cc(C#N)c1)N=C(N=C(C)c1cc(F)cc(C2CN2)c1)c1cc(F)cc(C#N)c1. The summed E-state index contributed by atoms with van der Waals surface area (Å²) in [5.41, 5.74) is 2.66. The van der Waals surface area contributed by atoms with E-state index in [1.54, 1.807) is 19.9 Å². The maximum atomic E-state index is 14.6. The van der Waals surface area contributed by atoms with Crippen LogP contribution in [0.5, 0.6) is 0 Å². The monoisotopic (exact) mass is 696 g/mol. The predicted octanol–water partition coefficient (Wildman–Crippen LogP) is 8.24. The standard InChI is InChI=1S/C40H28F4N8/c1-22(49-39(32-7-27(19-46)10-35(42)16-32)51-24(3)29-6-26(18-45)9-34(41)13-29)5-23(2)50-40(33-8-28(20-47)11-36(43)17-33)52-25(4)30-12-31(38-21-48-38)15-37(44)14-30/h6-17,38,48H,2-3,5,21H2,1,4H3. The average molecular weight is 697 g/mol. The lowest BCUT2D eigenvalue weighted by Crippen LogP contribution is -2.08. The molecule has 1 unspecified atom stereocenters. The first-order chi connectivity index (χ1) is 24.8. The third-order valence-corrected chi connectivity index (χ3v) is 7.61. The van der Waals surface area contributed by atoms with Crippen LogP contribution in [0, 0.1) is 57.3 Å². The van der Waals surface area contributed by atoms with Crippen molar-refractivity contribution in [2.24, 2.45) is 20.0 Å². The quantitative estimate of drug-likeness (QED) is 0.0814. The van der Waals surface area contributed by atoms with E-state index in [1.807, 2.05) is 18.2 Å². The highest BCUT2D eigenvalue weighted by Gasteiger charge is 2.23. The minimum absolute atomic E-state index is 0.00351. The zero-order chi connectivity index (χ0) is 37.5. The number of nitriles is 3. The average Bonchev–Trinajstić information content (AvgIpc) is 3.96. The Bertz CT molecular complexity index is 2380. The molecule has 1 fully saturated rings. The summed E-state index contributed by atoms with van der Waals surface area (Å²) in [6.07, 6.45) is -0.0135. The molecule has 0 amide bonds. The van der Waals surface area contributed by atoms with Gasteiger partial charge in [-0.25, -0.2) is 37.5 Å². The van der Waals surface area contributed by atoms with Crippen LogP contribution in [0.4, 0.5) is 17.6 Å². The van der Waals surface area contributed by atoms with Crippen LogP contribution in [-0.4, -0.2) is 29.6 Å². The summed E-state index contributed by atoms with van der Waals surface area (Å²) in [5, 5.41) is 31.4. The molecule has 1 atom stereocenters.